The summed E-state index contributed by atoms with van der Waals surface area (Å²) in [6.07, 6.45) is 6.95. The summed E-state index contributed by atoms with van der Waals surface area (Å²) in [5, 5.41) is 0. The summed E-state index contributed by atoms with van der Waals surface area (Å²) in [5.41, 5.74) is 7.32. The second kappa shape index (κ2) is 5.47. The van der Waals surface area contributed by atoms with E-state index in [1.54, 1.807) is 0 Å². The first-order valence-corrected chi connectivity index (χ1v) is 5.03. The maximum Gasteiger partial charge on any atom is 0.0244 e. The van der Waals surface area contributed by atoms with Crippen molar-refractivity contribution in [1.29, 1.82) is 0 Å². The molecule has 0 aliphatic rings. The first kappa shape index (κ1) is 10.8. The average Bonchev–Trinajstić information content (AvgIpc) is 2.21. The molecule has 0 heterocycles. The molecule has 2 N–H and O–H groups in total. The normalized spacial score (nSPS) is 14.4. The Kier molecular flexibility index (Phi) is 4.22. The Morgan fingerprint density at radius 1 is 1.36 bits per heavy atom. The highest BCUT2D eigenvalue weighted by Crippen LogP contribution is 2.23. The first-order chi connectivity index (χ1) is 6.79. The molecule has 74 valence electrons. The summed E-state index contributed by atoms with van der Waals surface area (Å²) in [5.74, 6) is 3.01. The number of terminal acetylenes is 1. The van der Waals surface area contributed by atoms with Gasteiger partial charge in [0.25, 0.3) is 0 Å². The number of rotatable bonds is 4. The van der Waals surface area contributed by atoms with Gasteiger partial charge in [0.1, 0.15) is 0 Å². The van der Waals surface area contributed by atoms with E-state index in [0.29, 0.717) is 12.3 Å². The van der Waals surface area contributed by atoms with Gasteiger partial charge < -0.3 is 5.73 Å². The summed E-state index contributed by atoms with van der Waals surface area (Å²) in [7, 11) is 0. The van der Waals surface area contributed by atoms with Crippen molar-refractivity contribution in [2.45, 2.75) is 31.7 Å². The number of hydrogen-bond donors (Lipinski definition) is 1. The quantitative estimate of drug-likeness (QED) is 0.720. The highest BCUT2D eigenvalue weighted by atomic mass is 14.6. The van der Waals surface area contributed by atoms with Gasteiger partial charge in [-0.1, -0.05) is 37.3 Å². The van der Waals surface area contributed by atoms with E-state index in [0.717, 1.165) is 6.42 Å². The zero-order valence-electron chi connectivity index (χ0n) is 8.61. The molecule has 1 rings (SSSR count). The molecule has 0 saturated carbocycles. The van der Waals surface area contributed by atoms with Crippen LogP contribution in [0.1, 0.15) is 31.2 Å². The highest BCUT2D eigenvalue weighted by molar-refractivity contribution is 5.21. The lowest BCUT2D eigenvalue weighted by Gasteiger charge is -2.21. The third kappa shape index (κ3) is 2.61. The van der Waals surface area contributed by atoms with Crippen molar-refractivity contribution < 1.29 is 0 Å². The molecule has 1 aromatic rings. The zero-order valence-corrected chi connectivity index (χ0v) is 8.61. The molecule has 1 heteroatoms. The largest absolute Gasteiger partial charge is 0.326 e. The molecule has 2 unspecified atom stereocenters. The summed E-state index contributed by atoms with van der Waals surface area (Å²) < 4.78 is 0. The third-order valence-corrected chi connectivity index (χ3v) is 2.54. The molecule has 0 amide bonds. The molecular formula is C13H17N. The highest BCUT2D eigenvalue weighted by Gasteiger charge is 2.16. The van der Waals surface area contributed by atoms with Gasteiger partial charge in [0.15, 0.2) is 0 Å². The molecule has 1 aromatic carbocycles. The fourth-order valence-electron chi connectivity index (χ4n) is 1.76. The van der Waals surface area contributed by atoms with E-state index < -0.39 is 0 Å². The second-order valence-corrected chi connectivity index (χ2v) is 3.50. The standard InChI is InChI=1S/C13H17N/c1-3-8-13(14)12(4-2)11-9-6-5-7-10-11/h1,5-7,9-10,12-13H,4,8,14H2,2H3. The van der Waals surface area contributed by atoms with E-state index in [1.807, 2.05) is 18.2 Å². The van der Waals surface area contributed by atoms with Crippen LogP contribution in [0.3, 0.4) is 0 Å². The zero-order chi connectivity index (χ0) is 10.4. The number of nitrogens with two attached hydrogens (primary N) is 1. The van der Waals surface area contributed by atoms with Crippen LogP contribution in [0.4, 0.5) is 0 Å². The lowest BCUT2D eigenvalue weighted by molar-refractivity contribution is 0.527. The van der Waals surface area contributed by atoms with Gasteiger partial charge in [-0.05, 0) is 17.9 Å². The van der Waals surface area contributed by atoms with Gasteiger partial charge in [-0.2, -0.15) is 0 Å². The topological polar surface area (TPSA) is 26.0 Å². The van der Waals surface area contributed by atoms with Crippen LogP contribution in [0, 0.1) is 12.3 Å². The van der Waals surface area contributed by atoms with Gasteiger partial charge >= 0.3 is 0 Å². The van der Waals surface area contributed by atoms with Crippen molar-refractivity contribution in [3.63, 3.8) is 0 Å². The summed E-state index contributed by atoms with van der Waals surface area (Å²) in [6.45, 7) is 2.15. The Morgan fingerprint density at radius 3 is 2.50 bits per heavy atom. The first-order valence-electron chi connectivity index (χ1n) is 5.03. The van der Waals surface area contributed by atoms with Crippen LogP contribution in [0.2, 0.25) is 0 Å². The van der Waals surface area contributed by atoms with Gasteiger partial charge in [-0.15, -0.1) is 12.3 Å². The molecule has 2 atom stereocenters. The number of hydrogen-bond acceptors (Lipinski definition) is 1. The van der Waals surface area contributed by atoms with Gasteiger partial charge in [0.05, 0.1) is 0 Å². The van der Waals surface area contributed by atoms with E-state index in [2.05, 4.69) is 25.0 Å². The monoisotopic (exact) mass is 187 g/mol. The minimum atomic E-state index is 0.0763. The molecule has 0 bridgehead atoms. The second-order valence-electron chi connectivity index (χ2n) is 3.50. The van der Waals surface area contributed by atoms with Crippen LogP contribution in [0.15, 0.2) is 30.3 Å². The fraction of sp³-hybridized carbons (Fsp3) is 0.385. The van der Waals surface area contributed by atoms with Crippen LogP contribution in [0.5, 0.6) is 0 Å². The molecule has 0 aliphatic carbocycles. The summed E-state index contributed by atoms with van der Waals surface area (Å²) >= 11 is 0. The van der Waals surface area contributed by atoms with Crippen LogP contribution in [0.25, 0.3) is 0 Å². The van der Waals surface area contributed by atoms with Gasteiger partial charge in [-0.25, -0.2) is 0 Å². The minimum absolute atomic E-state index is 0.0763. The van der Waals surface area contributed by atoms with Crippen molar-refractivity contribution in [3.05, 3.63) is 35.9 Å². The Hall–Kier alpha value is -1.26. The molecule has 0 radical (unpaired) electrons. The third-order valence-electron chi connectivity index (χ3n) is 2.54. The Morgan fingerprint density at radius 2 is 2.00 bits per heavy atom. The van der Waals surface area contributed by atoms with Crippen LogP contribution in [-0.4, -0.2) is 6.04 Å². The molecule has 0 saturated heterocycles. The van der Waals surface area contributed by atoms with Crippen molar-refractivity contribution in [2.24, 2.45) is 5.73 Å². The predicted octanol–water partition coefficient (Wildman–Crippen LogP) is 2.53. The van der Waals surface area contributed by atoms with Gasteiger partial charge in [0.2, 0.25) is 0 Å². The fourth-order valence-corrected chi connectivity index (χ4v) is 1.76. The minimum Gasteiger partial charge on any atom is -0.326 e. The van der Waals surface area contributed by atoms with Crippen LogP contribution >= 0.6 is 0 Å². The molecule has 0 spiro atoms. The average molecular weight is 187 g/mol. The molecule has 0 aromatic heterocycles. The maximum atomic E-state index is 6.03. The van der Waals surface area contributed by atoms with Gasteiger partial charge in [-0.3, -0.25) is 0 Å². The van der Waals surface area contributed by atoms with Gasteiger partial charge in [0, 0.05) is 12.5 Å². The van der Waals surface area contributed by atoms with E-state index in [4.69, 9.17) is 12.2 Å². The molecule has 0 fully saturated rings. The molecule has 1 nitrogen and oxygen atoms in total. The van der Waals surface area contributed by atoms with Crippen molar-refractivity contribution in [3.8, 4) is 12.3 Å². The Balaban J connectivity index is 2.78. The maximum absolute atomic E-state index is 6.03. The van der Waals surface area contributed by atoms with E-state index >= 15 is 0 Å². The molecule has 0 aliphatic heterocycles. The summed E-state index contributed by atoms with van der Waals surface area (Å²) in [6, 6.07) is 10.4. The van der Waals surface area contributed by atoms with Crippen LogP contribution < -0.4 is 5.73 Å². The smallest absolute Gasteiger partial charge is 0.0244 e. The molecule has 14 heavy (non-hydrogen) atoms. The SMILES string of the molecule is C#CCC(N)C(CC)c1ccccc1. The summed E-state index contributed by atoms with van der Waals surface area (Å²) in [4.78, 5) is 0. The predicted molar refractivity (Wildman–Crippen MR) is 60.9 cm³/mol. The number of benzene rings is 1. The van der Waals surface area contributed by atoms with Crippen LogP contribution in [-0.2, 0) is 0 Å². The molecular weight excluding hydrogens is 170 g/mol. The lowest BCUT2D eigenvalue weighted by atomic mass is 9.88. The van der Waals surface area contributed by atoms with Crippen molar-refractivity contribution in [2.75, 3.05) is 0 Å². The lowest BCUT2D eigenvalue weighted by Crippen LogP contribution is -2.27. The Labute approximate surface area is 86.3 Å². The Bertz CT molecular complexity index is 297. The van der Waals surface area contributed by atoms with Crippen molar-refractivity contribution >= 4 is 0 Å². The van der Waals surface area contributed by atoms with E-state index in [1.165, 1.54) is 5.56 Å². The van der Waals surface area contributed by atoms with E-state index in [9.17, 15) is 0 Å². The van der Waals surface area contributed by atoms with Crippen molar-refractivity contribution in [1.82, 2.24) is 0 Å². The van der Waals surface area contributed by atoms with E-state index in [-0.39, 0.29) is 6.04 Å².